The topological polar surface area (TPSA) is 57.9 Å². The Morgan fingerprint density at radius 1 is 0.885 bits per heavy atom. The molecule has 0 aliphatic rings. The minimum Gasteiger partial charge on any atom is -0.503 e. The highest BCUT2D eigenvalue weighted by atomic mass is 19.2. The van der Waals surface area contributed by atoms with E-state index in [0.717, 1.165) is 22.2 Å². The molecule has 128 valence electrons. The highest BCUT2D eigenvalue weighted by Gasteiger charge is 2.23. The molecule has 0 saturated carbocycles. The van der Waals surface area contributed by atoms with E-state index in [1.807, 2.05) is 30.3 Å². The van der Waals surface area contributed by atoms with E-state index in [2.05, 4.69) is 14.6 Å². The number of aromatic amines is 2. The van der Waals surface area contributed by atoms with Gasteiger partial charge in [-0.15, -0.1) is 0 Å². The maximum atomic E-state index is 12.9. The van der Waals surface area contributed by atoms with Gasteiger partial charge < -0.3 is 14.6 Å². The lowest BCUT2D eigenvalue weighted by atomic mass is 10.1. The second-order valence-electron chi connectivity index (χ2n) is 5.75. The molecular weight excluding hydrogens is 337 g/mol. The summed E-state index contributed by atoms with van der Waals surface area (Å²) in [7, 11) is -3.04. The number of hydrogen-bond donors (Lipinski definition) is 2. The Morgan fingerprint density at radius 2 is 1.42 bits per heavy atom. The largest absolute Gasteiger partial charge is 0.796 e. The van der Waals surface area contributed by atoms with E-state index < -0.39 is 13.3 Å². The van der Waals surface area contributed by atoms with Gasteiger partial charge in [-0.25, -0.2) is 8.63 Å². The first-order valence-corrected chi connectivity index (χ1v) is 7.97. The van der Waals surface area contributed by atoms with E-state index >= 15 is 0 Å². The lowest BCUT2D eigenvalue weighted by Gasteiger charge is -2.07. The van der Waals surface area contributed by atoms with Crippen LogP contribution in [-0.2, 0) is 4.65 Å². The normalized spacial score (nSPS) is 11.8. The lowest BCUT2D eigenvalue weighted by molar-refractivity contribution is 0.104. The molecular formula is C19H13BF2N2O2. The van der Waals surface area contributed by atoms with E-state index in [4.69, 9.17) is 0 Å². The number of allylic oxidation sites excluding steroid dienone is 1. The number of hydrogen-bond acceptors (Lipinski definition) is 2. The minimum absolute atomic E-state index is 0.204. The summed E-state index contributed by atoms with van der Waals surface area (Å²) in [6.07, 6.45) is 4.47. The highest BCUT2D eigenvalue weighted by molar-refractivity contribution is 6.36. The molecule has 0 radical (unpaired) electrons. The minimum atomic E-state index is -3.04. The van der Waals surface area contributed by atoms with Crippen molar-refractivity contribution in [1.82, 2.24) is 9.97 Å². The molecule has 4 rings (SSSR count). The first-order chi connectivity index (χ1) is 12.6. The predicted molar refractivity (Wildman–Crippen MR) is 98.0 cm³/mol. The second kappa shape index (κ2) is 6.52. The van der Waals surface area contributed by atoms with Crippen LogP contribution < -0.4 is 0 Å². The Kier molecular flexibility index (Phi) is 4.05. The molecule has 26 heavy (non-hydrogen) atoms. The first kappa shape index (κ1) is 16.1. The number of halogens is 2. The van der Waals surface area contributed by atoms with E-state index in [0.29, 0.717) is 16.8 Å². The molecule has 0 aliphatic carbocycles. The number of ketones is 1. The summed E-state index contributed by atoms with van der Waals surface area (Å²) < 4.78 is 30.5. The third-order valence-electron chi connectivity index (χ3n) is 4.18. The van der Waals surface area contributed by atoms with Crippen molar-refractivity contribution in [2.45, 2.75) is 0 Å². The molecule has 4 nitrogen and oxygen atoms in total. The summed E-state index contributed by atoms with van der Waals surface area (Å²) in [6, 6.07) is 14.6. The predicted octanol–water partition coefficient (Wildman–Crippen LogP) is 4.81. The Balaban J connectivity index is 1.80. The zero-order valence-electron chi connectivity index (χ0n) is 13.5. The van der Waals surface area contributed by atoms with Gasteiger partial charge in [-0.2, -0.15) is 0 Å². The second-order valence-corrected chi connectivity index (χ2v) is 5.75. The molecule has 0 saturated heterocycles. The number of nitrogens with one attached hydrogen (secondary N) is 2. The van der Waals surface area contributed by atoms with Gasteiger partial charge in [0.25, 0.3) is 0 Å². The van der Waals surface area contributed by atoms with Crippen molar-refractivity contribution in [2.24, 2.45) is 0 Å². The standard InChI is InChI=1S/C19H13BF2N2O2/c21-20(22)26-17(19-15-8-4-2-6-13(15)11-24-19)9-16(25)18-14-7-3-1-5-12(14)10-23-18/h1-11,23-24H/b17-9+. The summed E-state index contributed by atoms with van der Waals surface area (Å²) in [5.41, 5.74) is 0.664. The van der Waals surface area contributed by atoms with Gasteiger partial charge in [0.2, 0.25) is 5.78 Å². The summed E-state index contributed by atoms with van der Waals surface area (Å²) in [6.45, 7) is 0. The fourth-order valence-corrected chi connectivity index (χ4v) is 3.02. The molecule has 0 bridgehead atoms. The van der Waals surface area contributed by atoms with Crippen LogP contribution in [0.3, 0.4) is 0 Å². The van der Waals surface area contributed by atoms with Crippen molar-refractivity contribution in [2.75, 3.05) is 0 Å². The summed E-state index contributed by atoms with van der Waals surface area (Å²) in [4.78, 5) is 18.5. The van der Waals surface area contributed by atoms with Crippen LogP contribution in [-0.4, -0.2) is 23.2 Å². The number of benzene rings is 2. The van der Waals surface area contributed by atoms with E-state index in [9.17, 15) is 13.4 Å². The SMILES string of the molecule is O=C(/C=C(/OB(F)F)c1[nH]cc2ccccc12)c1[nH]cc2ccccc12. The van der Waals surface area contributed by atoms with Gasteiger partial charge >= 0.3 is 7.47 Å². The Hall–Kier alpha value is -3.35. The highest BCUT2D eigenvalue weighted by Crippen LogP contribution is 2.27. The average molecular weight is 350 g/mol. The van der Waals surface area contributed by atoms with Crippen LogP contribution in [0.1, 0.15) is 16.2 Å². The zero-order valence-corrected chi connectivity index (χ0v) is 13.5. The molecule has 2 aromatic carbocycles. The molecule has 4 aromatic rings. The molecule has 0 aliphatic heterocycles. The van der Waals surface area contributed by atoms with Crippen molar-refractivity contribution >= 4 is 40.6 Å². The van der Waals surface area contributed by atoms with E-state index in [1.54, 1.807) is 30.6 Å². The molecule has 0 spiro atoms. The molecule has 2 aromatic heterocycles. The lowest BCUT2D eigenvalue weighted by Crippen LogP contribution is -2.07. The molecule has 0 amide bonds. The summed E-state index contributed by atoms with van der Waals surface area (Å²) in [5, 5.41) is 3.12. The Morgan fingerprint density at radius 3 is 2.04 bits per heavy atom. The van der Waals surface area contributed by atoms with Crippen LogP contribution in [0.15, 0.2) is 67.0 Å². The van der Waals surface area contributed by atoms with Gasteiger partial charge in [0, 0.05) is 29.2 Å². The molecule has 0 atom stereocenters. The maximum absolute atomic E-state index is 12.9. The third-order valence-corrected chi connectivity index (χ3v) is 4.18. The molecule has 2 heterocycles. The van der Waals surface area contributed by atoms with Crippen LogP contribution in [0.5, 0.6) is 0 Å². The van der Waals surface area contributed by atoms with Crippen LogP contribution in [0.4, 0.5) is 8.63 Å². The van der Waals surface area contributed by atoms with Gasteiger partial charge in [-0.1, -0.05) is 48.5 Å². The monoisotopic (exact) mass is 350 g/mol. The zero-order chi connectivity index (χ0) is 18.1. The smallest absolute Gasteiger partial charge is 0.503 e. The van der Waals surface area contributed by atoms with Gasteiger partial charge in [0.05, 0.1) is 11.4 Å². The van der Waals surface area contributed by atoms with Crippen molar-refractivity contribution in [3.63, 3.8) is 0 Å². The summed E-state index contributed by atoms with van der Waals surface area (Å²) >= 11 is 0. The van der Waals surface area contributed by atoms with Gasteiger partial charge in [0.15, 0.2) is 0 Å². The molecule has 7 heteroatoms. The van der Waals surface area contributed by atoms with Gasteiger partial charge in [0.1, 0.15) is 5.76 Å². The first-order valence-electron chi connectivity index (χ1n) is 7.97. The maximum Gasteiger partial charge on any atom is 0.796 e. The fourth-order valence-electron chi connectivity index (χ4n) is 3.02. The summed E-state index contributed by atoms with van der Waals surface area (Å²) in [5.74, 6) is -0.648. The average Bonchev–Trinajstić information content (AvgIpc) is 3.25. The molecule has 2 N–H and O–H groups in total. The van der Waals surface area contributed by atoms with Crippen molar-refractivity contribution in [1.29, 1.82) is 0 Å². The molecule has 0 fully saturated rings. The van der Waals surface area contributed by atoms with Crippen molar-refractivity contribution in [3.05, 3.63) is 78.4 Å². The Labute approximate surface area is 147 Å². The van der Waals surface area contributed by atoms with Crippen LogP contribution in [0, 0.1) is 0 Å². The quantitative estimate of drug-likeness (QED) is 0.235. The number of aromatic nitrogens is 2. The third kappa shape index (κ3) is 2.88. The van der Waals surface area contributed by atoms with Crippen LogP contribution in [0.25, 0.3) is 27.3 Å². The van der Waals surface area contributed by atoms with Crippen LogP contribution >= 0.6 is 0 Å². The number of rotatable bonds is 5. The van der Waals surface area contributed by atoms with E-state index in [1.165, 1.54) is 0 Å². The number of carbonyl (C=O) groups excluding carboxylic acids is 1. The van der Waals surface area contributed by atoms with Crippen LogP contribution in [0.2, 0.25) is 0 Å². The number of H-pyrrole nitrogens is 2. The van der Waals surface area contributed by atoms with Crippen molar-refractivity contribution < 1.29 is 18.1 Å². The van der Waals surface area contributed by atoms with E-state index in [-0.39, 0.29) is 5.76 Å². The van der Waals surface area contributed by atoms with Gasteiger partial charge in [-0.3, -0.25) is 4.79 Å². The molecule has 0 unspecified atom stereocenters. The fraction of sp³-hybridized carbons (Fsp3) is 0. The Bertz CT molecular complexity index is 1130. The van der Waals surface area contributed by atoms with Gasteiger partial charge in [-0.05, 0) is 10.8 Å². The number of carbonyl (C=O) groups is 1. The van der Waals surface area contributed by atoms with Crippen molar-refractivity contribution in [3.8, 4) is 0 Å². The number of fused-ring (bicyclic) bond motifs is 2.